The average molecular weight is 529 g/mol. The summed E-state index contributed by atoms with van der Waals surface area (Å²) in [7, 11) is 0. The SMILES string of the molecule is CCCCCCOC(=O)[C@@H](C)c1cc2cc(C(=O)O)ccc2c([C@H](C)C(=O)OCCCCCC)c1C(=O)O. The third kappa shape index (κ3) is 8.04. The maximum Gasteiger partial charge on any atom is 0.336 e. The Balaban J connectivity index is 2.53. The molecule has 2 atom stereocenters. The van der Waals surface area contributed by atoms with Crippen molar-refractivity contribution in [3.63, 3.8) is 0 Å². The molecule has 8 heteroatoms. The van der Waals surface area contributed by atoms with Gasteiger partial charge in [0.25, 0.3) is 0 Å². The van der Waals surface area contributed by atoms with Crippen molar-refractivity contribution >= 4 is 34.6 Å². The van der Waals surface area contributed by atoms with Gasteiger partial charge in [0.1, 0.15) is 0 Å². The quantitative estimate of drug-likeness (QED) is 0.182. The molecule has 2 aromatic rings. The van der Waals surface area contributed by atoms with Crippen LogP contribution in [0.3, 0.4) is 0 Å². The van der Waals surface area contributed by atoms with Gasteiger partial charge in [-0.3, -0.25) is 9.59 Å². The molecule has 0 fully saturated rings. The summed E-state index contributed by atoms with van der Waals surface area (Å²) in [6.07, 6.45) is 7.42. The summed E-state index contributed by atoms with van der Waals surface area (Å²) in [5.41, 5.74) is 0.216. The van der Waals surface area contributed by atoms with Gasteiger partial charge >= 0.3 is 23.9 Å². The molecule has 2 aromatic carbocycles. The van der Waals surface area contributed by atoms with Crippen LogP contribution in [0.1, 0.15) is 123 Å². The molecule has 0 aliphatic heterocycles. The molecule has 0 unspecified atom stereocenters. The van der Waals surface area contributed by atoms with Gasteiger partial charge in [-0.1, -0.05) is 58.4 Å². The summed E-state index contributed by atoms with van der Waals surface area (Å²) in [6, 6.07) is 5.81. The van der Waals surface area contributed by atoms with Crippen molar-refractivity contribution in [2.75, 3.05) is 13.2 Å². The average Bonchev–Trinajstić information content (AvgIpc) is 2.90. The Hall–Kier alpha value is -3.42. The maximum absolute atomic E-state index is 13.0. The van der Waals surface area contributed by atoms with Gasteiger partial charge in [0, 0.05) is 0 Å². The molecule has 208 valence electrons. The van der Waals surface area contributed by atoms with Gasteiger partial charge < -0.3 is 19.7 Å². The number of aromatic carboxylic acids is 2. The fraction of sp³-hybridized carbons (Fsp3) is 0.533. The molecule has 0 aliphatic rings. The summed E-state index contributed by atoms with van der Waals surface area (Å²) >= 11 is 0. The van der Waals surface area contributed by atoms with Crippen molar-refractivity contribution in [3.05, 3.63) is 46.5 Å². The number of fused-ring (bicyclic) bond motifs is 1. The first-order chi connectivity index (χ1) is 18.1. The number of benzene rings is 2. The molecule has 2 N–H and O–H groups in total. The molecule has 0 saturated heterocycles. The van der Waals surface area contributed by atoms with Gasteiger partial charge in [-0.15, -0.1) is 0 Å². The lowest BCUT2D eigenvalue weighted by Gasteiger charge is -2.22. The zero-order valence-corrected chi connectivity index (χ0v) is 22.9. The Kier molecular flexibility index (Phi) is 12.2. The molecular weight excluding hydrogens is 488 g/mol. The molecule has 0 spiro atoms. The fourth-order valence-corrected chi connectivity index (χ4v) is 4.52. The van der Waals surface area contributed by atoms with Gasteiger partial charge in [0.15, 0.2) is 0 Å². The second-order valence-electron chi connectivity index (χ2n) is 9.70. The molecule has 38 heavy (non-hydrogen) atoms. The summed E-state index contributed by atoms with van der Waals surface area (Å²) < 4.78 is 10.9. The van der Waals surface area contributed by atoms with Crippen molar-refractivity contribution in [2.24, 2.45) is 0 Å². The molecule has 0 heterocycles. The lowest BCUT2D eigenvalue weighted by molar-refractivity contribution is -0.145. The number of carbonyl (C=O) groups is 4. The Morgan fingerprint density at radius 3 is 1.79 bits per heavy atom. The highest BCUT2D eigenvalue weighted by atomic mass is 16.5. The smallest absolute Gasteiger partial charge is 0.336 e. The van der Waals surface area contributed by atoms with Crippen LogP contribution in [-0.4, -0.2) is 47.3 Å². The van der Waals surface area contributed by atoms with E-state index in [0.29, 0.717) is 23.6 Å². The van der Waals surface area contributed by atoms with Crippen molar-refractivity contribution in [3.8, 4) is 0 Å². The predicted octanol–water partition coefficient (Wildman–Crippen LogP) is 6.69. The number of hydrogen-bond donors (Lipinski definition) is 2. The van der Waals surface area contributed by atoms with Crippen molar-refractivity contribution in [2.45, 2.75) is 90.9 Å². The van der Waals surface area contributed by atoms with Crippen LogP contribution in [0.2, 0.25) is 0 Å². The molecule has 0 amide bonds. The van der Waals surface area contributed by atoms with Gasteiger partial charge in [0.2, 0.25) is 0 Å². The first-order valence-electron chi connectivity index (χ1n) is 13.5. The van der Waals surface area contributed by atoms with Crippen molar-refractivity contribution in [1.29, 1.82) is 0 Å². The van der Waals surface area contributed by atoms with Crippen LogP contribution in [0.4, 0.5) is 0 Å². The van der Waals surface area contributed by atoms with E-state index in [0.717, 1.165) is 38.5 Å². The highest BCUT2D eigenvalue weighted by Gasteiger charge is 2.32. The van der Waals surface area contributed by atoms with Crippen LogP contribution in [0.25, 0.3) is 10.8 Å². The number of unbranched alkanes of at least 4 members (excludes halogenated alkanes) is 6. The predicted molar refractivity (Wildman–Crippen MR) is 145 cm³/mol. The number of ether oxygens (including phenoxy) is 2. The van der Waals surface area contributed by atoms with Crippen LogP contribution < -0.4 is 0 Å². The number of carboxylic acids is 2. The number of rotatable bonds is 16. The highest BCUT2D eigenvalue weighted by Crippen LogP contribution is 2.37. The zero-order chi connectivity index (χ0) is 28.2. The van der Waals surface area contributed by atoms with E-state index in [2.05, 4.69) is 13.8 Å². The van der Waals surface area contributed by atoms with Gasteiger partial charge in [0.05, 0.1) is 36.2 Å². The molecule has 2 rings (SSSR count). The number of carbonyl (C=O) groups excluding carboxylic acids is 2. The van der Waals surface area contributed by atoms with E-state index >= 15 is 0 Å². The molecule has 0 radical (unpaired) electrons. The topological polar surface area (TPSA) is 127 Å². The van der Waals surface area contributed by atoms with Crippen molar-refractivity contribution in [1.82, 2.24) is 0 Å². The van der Waals surface area contributed by atoms with Crippen LogP contribution in [0, 0.1) is 0 Å². The standard InChI is InChI=1S/C30H40O8/c1-5-7-9-11-15-37-29(35)19(3)24-18-22-17-21(27(31)32)13-14-23(22)25(26(24)28(33)34)20(4)30(36)38-16-12-10-8-6-2/h13-14,17-20H,5-12,15-16H2,1-4H3,(H,31,32)(H,33,34)/t19-,20-/m0/s1. The largest absolute Gasteiger partial charge is 0.478 e. The summed E-state index contributed by atoms with van der Waals surface area (Å²) in [4.78, 5) is 50.1. The Bertz CT molecular complexity index is 1140. The van der Waals surface area contributed by atoms with Gasteiger partial charge in [-0.25, -0.2) is 9.59 Å². The van der Waals surface area contributed by atoms with E-state index in [1.807, 2.05) is 0 Å². The normalized spacial score (nSPS) is 12.6. The van der Waals surface area contributed by atoms with Crippen molar-refractivity contribution < 1.29 is 38.9 Å². The Morgan fingerprint density at radius 2 is 1.29 bits per heavy atom. The van der Waals surface area contributed by atoms with E-state index in [1.54, 1.807) is 13.8 Å². The number of carboxylic acid groups (broad SMARTS) is 2. The van der Waals surface area contributed by atoms with Crippen LogP contribution >= 0.6 is 0 Å². The fourth-order valence-electron chi connectivity index (χ4n) is 4.52. The summed E-state index contributed by atoms with van der Waals surface area (Å²) in [6.45, 7) is 7.75. The zero-order valence-electron chi connectivity index (χ0n) is 22.9. The third-order valence-electron chi connectivity index (χ3n) is 6.76. The maximum atomic E-state index is 13.0. The Morgan fingerprint density at radius 1 is 0.737 bits per heavy atom. The van der Waals surface area contributed by atoms with Crippen LogP contribution in [0.5, 0.6) is 0 Å². The monoisotopic (exact) mass is 528 g/mol. The minimum Gasteiger partial charge on any atom is -0.478 e. The van der Waals surface area contributed by atoms with E-state index in [4.69, 9.17) is 9.47 Å². The summed E-state index contributed by atoms with van der Waals surface area (Å²) in [5.74, 6) is -5.48. The minimum absolute atomic E-state index is 0.00906. The van der Waals surface area contributed by atoms with Gasteiger partial charge in [-0.2, -0.15) is 0 Å². The molecule has 0 saturated carbocycles. The lowest BCUT2D eigenvalue weighted by atomic mass is 9.83. The molecule has 8 nitrogen and oxygen atoms in total. The molecule has 0 aliphatic carbocycles. The van der Waals surface area contributed by atoms with Gasteiger partial charge in [-0.05, 0) is 66.8 Å². The van der Waals surface area contributed by atoms with E-state index in [1.165, 1.54) is 24.3 Å². The van der Waals surface area contributed by atoms with Crippen LogP contribution in [-0.2, 0) is 19.1 Å². The lowest BCUT2D eigenvalue weighted by Crippen LogP contribution is -2.22. The van der Waals surface area contributed by atoms with Crippen LogP contribution in [0.15, 0.2) is 24.3 Å². The second-order valence-corrected chi connectivity index (χ2v) is 9.70. The first kappa shape index (κ1) is 30.8. The first-order valence-corrected chi connectivity index (χ1v) is 13.5. The minimum atomic E-state index is -1.29. The molecule has 0 bridgehead atoms. The second kappa shape index (κ2) is 15.1. The van der Waals surface area contributed by atoms with E-state index < -0.39 is 35.7 Å². The van der Waals surface area contributed by atoms with E-state index in [-0.39, 0.29) is 35.5 Å². The highest BCUT2D eigenvalue weighted by molar-refractivity contribution is 6.05. The Labute approximate surface area is 224 Å². The molecule has 0 aromatic heterocycles. The molecular formula is C30H40O8. The summed E-state index contributed by atoms with van der Waals surface area (Å²) in [5, 5.41) is 20.6. The van der Waals surface area contributed by atoms with E-state index in [9.17, 15) is 29.4 Å². The number of esters is 2. The third-order valence-corrected chi connectivity index (χ3v) is 6.76. The number of hydrogen-bond acceptors (Lipinski definition) is 6.